The number of ether oxygens (including phenoxy) is 2. The highest BCUT2D eigenvalue weighted by Crippen LogP contribution is 2.43. The Labute approximate surface area is 217 Å². The van der Waals surface area contributed by atoms with Crippen LogP contribution in [0.2, 0.25) is 0 Å². The van der Waals surface area contributed by atoms with Gasteiger partial charge in [0.25, 0.3) is 5.91 Å². The molecule has 4 aromatic rings. The molecule has 8 nitrogen and oxygen atoms in total. The molecule has 0 radical (unpaired) electrons. The zero-order valence-corrected chi connectivity index (χ0v) is 21.6. The molecule has 1 atom stereocenters. The minimum absolute atomic E-state index is 0.0268. The van der Waals surface area contributed by atoms with E-state index in [-0.39, 0.29) is 21.9 Å². The highest BCUT2D eigenvalue weighted by atomic mass is 32.1. The fraction of sp³-hybridized carbons (Fsp3) is 0.286. The van der Waals surface area contributed by atoms with E-state index in [0.29, 0.717) is 39.5 Å². The quantitative estimate of drug-likeness (QED) is 0.219. The van der Waals surface area contributed by atoms with Gasteiger partial charge >= 0.3 is 5.97 Å². The summed E-state index contributed by atoms with van der Waals surface area (Å²) in [6.07, 6.45) is 3.17. The summed E-state index contributed by atoms with van der Waals surface area (Å²) in [5, 5.41) is 0.671. The van der Waals surface area contributed by atoms with Gasteiger partial charge in [0.15, 0.2) is 10.6 Å². The second-order valence-corrected chi connectivity index (χ2v) is 9.75. The molecule has 0 N–H and O–H groups in total. The van der Waals surface area contributed by atoms with Crippen LogP contribution >= 0.6 is 11.3 Å². The highest BCUT2D eigenvalue weighted by Gasteiger charge is 2.45. The average molecular weight is 519 g/mol. The number of anilines is 1. The van der Waals surface area contributed by atoms with Gasteiger partial charge in [-0.05, 0) is 43.2 Å². The first-order valence-electron chi connectivity index (χ1n) is 12.1. The number of thiazole rings is 1. The van der Waals surface area contributed by atoms with Crippen molar-refractivity contribution in [1.82, 2.24) is 4.98 Å². The number of aromatic nitrogens is 1. The maximum Gasteiger partial charge on any atom is 0.350 e. The number of methoxy groups -OCH3 is 1. The zero-order chi connectivity index (χ0) is 26.1. The summed E-state index contributed by atoms with van der Waals surface area (Å²) in [6, 6.07) is 13.4. The molecule has 0 unspecified atom stereocenters. The monoisotopic (exact) mass is 518 g/mol. The number of carbonyl (C=O) groups is 2. The molecule has 0 saturated heterocycles. The van der Waals surface area contributed by atoms with E-state index < -0.39 is 17.9 Å². The van der Waals surface area contributed by atoms with Crippen molar-refractivity contribution >= 4 is 39.3 Å². The molecule has 0 fully saturated rings. The van der Waals surface area contributed by atoms with Crippen LogP contribution in [0.5, 0.6) is 5.75 Å². The maximum absolute atomic E-state index is 13.7. The Morgan fingerprint density at radius 2 is 1.86 bits per heavy atom. The predicted octanol–water partition coefficient (Wildman–Crippen LogP) is 5.66. The summed E-state index contributed by atoms with van der Waals surface area (Å²) in [4.78, 5) is 45.9. The molecule has 0 spiro atoms. The van der Waals surface area contributed by atoms with Crippen LogP contribution in [-0.4, -0.2) is 30.6 Å². The lowest BCUT2D eigenvalue weighted by molar-refractivity contribution is 0.0605. The molecular formula is C28H26N2O6S. The lowest BCUT2D eigenvalue weighted by Crippen LogP contribution is -2.29. The normalized spacial score (nSPS) is 14.7. The van der Waals surface area contributed by atoms with Gasteiger partial charge in [-0.15, -0.1) is 0 Å². The number of carbonyl (C=O) groups excluding carboxylic acids is 2. The first-order valence-corrected chi connectivity index (χ1v) is 12.9. The molecule has 2 aromatic heterocycles. The van der Waals surface area contributed by atoms with Gasteiger partial charge in [0.1, 0.15) is 16.2 Å². The van der Waals surface area contributed by atoms with Crippen molar-refractivity contribution in [2.75, 3.05) is 18.6 Å². The third-order valence-corrected chi connectivity index (χ3v) is 7.49. The van der Waals surface area contributed by atoms with E-state index in [1.807, 2.05) is 24.3 Å². The minimum atomic E-state index is -0.784. The van der Waals surface area contributed by atoms with Gasteiger partial charge in [-0.1, -0.05) is 55.4 Å². The summed E-state index contributed by atoms with van der Waals surface area (Å²) in [6.45, 7) is 4.44. The molecule has 1 amide bonds. The second-order valence-electron chi connectivity index (χ2n) is 8.77. The number of hydrogen-bond acceptors (Lipinski definition) is 8. The van der Waals surface area contributed by atoms with Crippen LogP contribution in [0.15, 0.2) is 57.7 Å². The van der Waals surface area contributed by atoms with E-state index >= 15 is 0 Å². The van der Waals surface area contributed by atoms with Gasteiger partial charge in [0, 0.05) is 0 Å². The predicted molar refractivity (Wildman–Crippen MR) is 141 cm³/mol. The Balaban J connectivity index is 1.62. The van der Waals surface area contributed by atoms with Gasteiger partial charge in [-0.3, -0.25) is 14.5 Å². The summed E-state index contributed by atoms with van der Waals surface area (Å²) in [5.74, 6) is -0.347. The van der Waals surface area contributed by atoms with Crippen molar-refractivity contribution in [3.63, 3.8) is 0 Å². The Morgan fingerprint density at radius 3 is 2.59 bits per heavy atom. The number of esters is 1. The molecule has 1 aliphatic heterocycles. The van der Waals surface area contributed by atoms with E-state index in [1.54, 1.807) is 31.2 Å². The zero-order valence-electron chi connectivity index (χ0n) is 20.8. The number of amides is 1. The number of para-hydroxylation sites is 1. The SMILES string of the molecule is CCCCCOc1ccc([C@H]2c3c(oc4ccccc4c3=O)C(=O)N2c2nc(C)c(C(=O)OC)s2)cc1. The average Bonchev–Trinajstić information content (AvgIpc) is 3.44. The minimum Gasteiger partial charge on any atom is -0.494 e. The van der Waals surface area contributed by atoms with Gasteiger partial charge in [0.2, 0.25) is 5.76 Å². The number of unbranched alkanes of at least 4 members (excludes halogenated alkanes) is 2. The Bertz CT molecular complexity index is 1540. The Hall–Kier alpha value is -3.98. The van der Waals surface area contributed by atoms with Crippen LogP contribution < -0.4 is 15.1 Å². The topological polar surface area (TPSA) is 98.9 Å². The second kappa shape index (κ2) is 10.2. The number of hydrogen-bond donors (Lipinski definition) is 0. The molecule has 190 valence electrons. The van der Waals surface area contributed by atoms with Crippen LogP contribution in [-0.2, 0) is 4.74 Å². The highest BCUT2D eigenvalue weighted by molar-refractivity contribution is 7.17. The first-order chi connectivity index (χ1) is 17.9. The standard InChI is InChI=1S/C28H26N2O6S/c1-4-5-8-15-35-18-13-11-17(12-14-18)22-21-23(31)19-9-6-7-10-20(19)36-24(21)26(32)30(22)28-29-16(2)25(37-28)27(33)34-3/h6-7,9-14,22H,4-5,8,15H2,1-3H3/t22-/m0/s1. The van der Waals surface area contributed by atoms with Crippen molar-refractivity contribution in [2.24, 2.45) is 0 Å². The molecule has 9 heteroatoms. The molecule has 1 aliphatic rings. The van der Waals surface area contributed by atoms with Crippen molar-refractivity contribution in [1.29, 1.82) is 0 Å². The van der Waals surface area contributed by atoms with Gasteiger partial charge in [0.05, 0.1) is 36.4 Å². The van der Waals surface area contributed by atoms with Crippen molar-refractivity contribution in [3.05, 3.63) is 86.2 Å². The lowest BCUT2D eigenvalue weighted by Gasteiger charge is -2.22. The van der Waals surface area contributed by atoms with Crippen LogP contribution in [0, 0.1) is 6.92 Å². The molecule has 5 rings (SSSR count). The van der Waals surface area contributed by atoms with E-state index in [1.165, 1.54) is 12.0 Å². The fourth-order valence-corrected chi connectivity index (χ4v) is 5.50. The lowest BCUT2D eigenvalue weighted by atomic mass is 9.98. The third kappa shape index (κ3) is 4.40. The molecule has 0 aliphatic carbocycles. The number of fused-ring (bicyclic) bond motifs is 2. The summed E-state index contributed by atoms with van der Waals surface area (Å²) in [5.41, 5.74) is 1.44. The van der Waals surface area contributed by atoms with E-state index in [4.69, 9.17) is 13.9 Å². The van der Waals surface area contributed by atoms with Crippen LogP contribution in [0.3, 0.4) is 0 Å². The van der Waals surface area contributed by atoms with Crippen LogP contribution in [0.25, 0.3) is 11.0 Å². The molecular weight excluding hydrogens is 492 g/mol. The molecule has 3 heterocycles. The largest absolute Gasteiger partial charge is 0.494 e. The van der Waals surface area contributed by atoms with Crippen LogP contribution in [0.1, 0.15) is 69.3 Å². The summed E-state index contributed by atoms with van der Waals surface area (Å²) < 4.78 is 16.7. The first kappa shape index (κ1) is 24.7. The molecule has 0 bridgehead atoms. The third-order valence-electron chi connectivity index (χ3n) is 6.35. The van der Waals surface area contributed by atoms with E-state index in [9.17, 15) is 14.4 Å². The summed E-state index contributed by atoms with van der Waals surface area (Å²) >= 11 is 1.04. The fourth-order valence-electron chi connectivity index (χ4n) is 4.49. The van der Waals surface area contributed by atoms with Gasteiger partial charge in [-0.2, -0.15) is 0 Å². The van der Waals surface area contributed by atoms with Gasteiger partial charge < -0.3 is 13.9 Å². The molecule has 0 saturated carbocycles. The molecule has 37 heavy (non-hydrogen) atoms. The Kier molecular flexibility index (Phi) is 6.80. The summed E-state index contributed by atoms with van der Waals surface area (Å²) in [7, 11) is 1.29. The number of benzene rings is 2. The molecule has 2 aromatic carbocycles. The smallest absolute Gasteiger partial charge is 0.350 e. The van der Waals surface area contributed by atoms with Gasteiger partial charge in [-0.25, -0.2) is 9.78 Å². The van der Waals surface area contributed by atoms with Crippen LogP contribution in [0.4, 0.5) is 5.13 Å². The van der Waals surface area contributed by atoms with Crippen molar-refractivity contribution in [2.45, 2.75) is 39.2 Å². The van der Waals surface area contributed by atoms with E-state index in [2.05, 4.69) is 11.9 Å². The Morgan fingerprint density at radius 1 is 1.11 bits per heavy atom. The number of rotatable bonds is 8. The number of nitrogens with zero attached hydrogens (tertiary/aromatic N) is 2. The maximum atomic E-state index is 13.7. The van der Waals surface area contributed by atoms with E-state index in [0.717, 1.165) is 30.6 Å². The van der Waals surface area contributed by atoms with Crippen molar-refractivity contribution < 1.29 is 23.5 Å². The van der Waals surface area contributed by atoms with Crippen molar-refractivity contribution in [3.8, 4) is 5.75 Å². The number of aryl methyl sites for hydroxylation is 1.